The first-order valence-corrected chi connectivity index (χ1v) is 7.17. The fraction of sp³-hybridized carbons (Fsp3) is 0.625. The molecule has 0 radical (unpaired) electrons. The zero-order valence-electron chi connectivity index (χ0n) is 13.0. The van der Waals surface area contributed by atoms with E-state index in [9.17, 15) is 0 Å². The predicted molar refractivity (Wildman–Crippen MR) is 81.2 cm³/mol. The van der Waals surface area contributed by atoms with Crippen molar-refractivity contribution in [1.82, 2.24) is 5.32 Å². The van der Waals surface area contributed by atoms with Crippen molar-refractivity contribution < 1.29 is 14.2 Å². The number of hydrogen-bond acceptors (Lipinski definition) is 4. The van der Waals surface area contributed by atoms with Gasteiger partial charge in [-0.2, -0.15) is 0 Å². The fourth-order valence-corrected chi connectivity index (χ4v) is 2.20. The third-order valence-corrected chi connectivity index (χ3v) is 3.35. The number of ether oxygens (including phenoxy) is 3. The molecule has 0 aromatic heterocycles. The average Bonchev–Trinajstić information content (AvgIpc) is 2.50. The number of nitrogens with one attached hydrogen (secondary N) is 1. The molecule has 0 amide bonds. The molecular formula is C16H27NO3. The number of hydrogen-bond donors (Lipinski definition) is 1. The molecule has 4 heteroatoms. The van der Waals surface area contributed by atoms with Crippen LogP contribution in [0.3, 0.4) is 0 Å². The highest BCUT2D eigenvalue weighted by atomic mass is 16.7. The van der Waals surface area contributed by atoms with Gasteiger partial charge in [0.1, 0.15) is 5.75 Å². The summed E-state index contributed by atoms with van der Waals surface area (Å²) >= 11 is 0. The minimum absolute atomic E-state index is 0.201. The van der Waals surface area contributed by atoms with E-state index >= 15 is 0 Å². The molecule has 114 valence electrons. The average molecular weight is 281 g/mol. The number of benzene rings is 1. The summed E-state index contributed by atoms with van der Waals surface area (Å²) in [5.41, 5.74) is 1.29. The van der Waals surface area contributed by atoms with Crippen LogP contribution in [0.5, 0.6) is 5.75 Å². The topological polar surface area (TPSA) is 39.7 Å². The summed E-state index contributed by atoms with van der Waals surface area (Å²) in [6.45, 7) is 3.12. The van der Waals surface area contributed by atoms with Crippen molar-refractivity contribution >= 4 is 0 Å². The van der Waals surface area contributed by atoms with Crippen molar-refractivity contribution in [3.63, 3.8) is 0 Å². The summed E-state index contributed by atoms with van der Waals surface area (Å²) in [7, 11) is 5.05. The molecule has 0 fully saturated rings. The van der Waals surface area contributed by atoms with Crippen LogP contribution < -0.4 is 10.1 Å². The Balaban J connectivity index is 2.54. The van der Waals surface area contributed by atoms with Gasteiger partial charge in [0, 0.05) is 14.2 Å². The fourth-order valence-electron chi connectivity index (χ4n) is 2.20. The summed E-state index contributed by atoms with van der Waals surface area (Å²) in [4.78, 5) is 0. The van der Waals surface area contributed by atoms with Crippen molar-refractivity contribution in [2.24, 2.45) is 0 Å². The summed E-state index contributed by atoms with van der Waals surface area (Å²) in [6, 6.07) is 8.39. The van der Waals surface area contributed by atoms with Crippen LogP contribution in [0.1, 0.15) is 25.3 Å². The van der Waals surface area contributed by atoms with E-state index in [0.717, 1.165) is 31.6 Å². The Hall–Kier alpha value is -1.10. The second kappa shape index (κ2) is 9.75. The van der Waals surface area contributed by atoms with Crippen molar-refractivity contribution in [3.8, 4) is 5.75 Å². The smallest absolute Gasteiger partial charge is 0.171 e. The van der Waals surface area contributed by atoms with Crippen molar-refractivity contribution in [2.75, 3.05) is 27.9 Å². The Kier molecular flexibility index (Phi) is 8.26. The van der Waals surface area contributed by atoms with Crippen molar-refractivity contribution in [1.29, 1.82) is 0 Å². The van der Waals surface area contributed by atoms with E-state index in [1.165, 1.54) is 5.56 Å². The molecule has 0 spiro atoms. The van der Waals surface area contributed by atoms with Gasteiger partial charge in [0.25, 0.3) is 0 Å². The third-order valence-electron chi connectivity index (χ3n) is 3.35. The van der Waals surface area contributed by atoms with Gasteiger partial charge >= 0.3 is 0 Å². The molecule has 20 heavy (non-hydrogen) atoms. The highest BCUT2D eigenvalue weighted by Crippen LogP contribution is 2.14. The molecule has 1 unspecified atom stereocenters. The second-order valence-electron chi connectivity index (χ2n) is 4.79. The molecule has 4 nitrogen and oxygen atoms in total. The molecule has 0 aliphatic rings. The lowest BCUT2D eigenvalue weighted by atomic mass is 10.0. The van der Waals surface area contributed by atoms with E-state index in [1.54, 1.807) is 21.3 Å². The lowest BCUT2D eigenvalue weighted by Gasteiger charge is -2.25. The van der Waals surface area contributed by atoms with Crippen LogP contribution >= 0.6 is 0 Å². The maximum absolute atomic E-state index is 5.38. The van der Waals surface area contributed by atoms with E-state index in [0.29, 0.717) is 0 Å². The van der Waals surface area contributed by atoms with Gasteiger partial charge < -0.3 is 19.5 Å². The normalized spacial score (nSPS) is 12.7. The first-order chi connectivity index (χ1) is 9.74. The van der Waals surface area contributed by atoms with Crippen LogP contribution in [0, 0.1) is 0 Å². The van der Waals surface area contributed by atoms with E-state index in [2.05, 4.69) is 24.4 Å². The van der Waals surface area contributed by atoms with Gasteiger partial charge in [-0.05, 0) is 43.5 Å². The maximum atomic E-state index is 5.38. The number of rotatable bonds is 10. The van der Waals surface area contributed by atoms with Gasteiger partial charge in [-0.25, -0.2) is 0 Å². The molecular weight excluding hydrogens is 254 g/mol. The molecule has 1 rings (SSSR count). The molecule has 1 aromatic rings. The minimum Gasteiger partial charge on any atom is -0.497 e. The molecule has 1 atom stereocenters. The Morgan fingerprint density at radius 3 is 2.20 bits per heavy atom. The largest absolute Gasteiger partial charge is 0.497 e. The number of aryl methyl sites for hydroxylation is 1. The molecule has 0 aliphatic carbocycles. The van der Waals surface area contributed by atoms with Crippen LogP contribution in [0.4, 0.5) is 0 Å². The zero-order valence-corrected chi connectivity index (χ0v) is 13.0. The quantitative estimate of drug-likeness (QED) is 0.669. The lowest BCUT2D eigenvalue weighted by molar-refractivity contribution is -0.123. The molecule has 0 heterocycles. The van der Waals surface area contributed by atoms with E-state index < -0.39 is 0 Å². The Morgan fingerprint density at radius 2 is 1.70 bits per heavy atom. The van der Waals surface area contributed by atoms with Crippen LogP contribution in [0.2, 0.25) is 0 Å². The SMILES string of the molecule is CCCNC(CCc1ccc(OC)cc1)C(OC)OC. The van der Waals surface area contributed by atoms with Crippen LogP contribution in [0.25, 0.3) is 0 Å². The molecule has 1 aromatic carbocycles. The first-order valence-electron chi connectivity index (χ1n) is 7.17. The number of methoxy groups -OCH3 is 3. The van der Waals surface area contributed by atoms with Crippen molar-refractivity contribution in [3.05, 3.63) is 29.8 Å². The third kappa shape index (κ3) is 5.49. The second-order valence-corrected chi connectivity index (χ2v) is 4.79. The summed E-state index contributed by atoms with van der Waals surface area (Å²) < 4.78 is 15.9. The molecule has 1 N–H and O–H groups in total. The summed E-state index contributed by atoms with van der Waals surface area (Å²) in [6.07, 6.45) is 2.84. The van der Waals surface area contributed by atoms with Crippen LogP contribution in [0.15, 0.2) is 24.3 Å². The van der Waals surface area contributed by atoms with E-state index in [-0.39, 0.29) is 12.3 Å². The Morgan fingerprint density at radius 1 is 1.05 bits per heavy atom. The predicted octanol–water partition coefficient (Wildman–Crippen LogP) is 2.61. The monoisotopic (exact) mass is 281 g/mol. The maximum Gasteiger partial charge on any atom is 0.171 e. The van der Waals surface area contributed by atoms with Gasteiger partial charge in [0.15, 0.2) is 6.29 Å². The molecule has 0 bridgehead atoms. The van der Waals surface area contributed by atoms with Crippen molar-refractivity contribution in [2.45, 2.75) is 38.5 Å². The first kappa shape index (κ1) is 17.0. The minimum atomic E-state index is -0.209. The van der Waals surface area contributed by atoms with Crippen LogP contribution in [-0.2, 0) is 15.9 Å². The highest BCUT2D eigenvalue weighted by molar-refractivity contribution is 5.27. The lowest BCUT2D eigenvalue weighted by Crippen LogP contribution is -2.42. The molecule has 0 aliphatic heterocycles. The van der Waals surface area contributed by atoms with Gasteiger partial charge in [-0.1, -0.05) is 19.1 Å². The Labute approximate surface area is 122 Å². The zero-order chi connectivity index (χ0) is 14.8. The van der Waals surface area contributed by atoms with Gasteiger partial charge in [-0.3, -0.25) is 0 Å². The van der Waals surface area contributed by atoms with Gasteiger partial charge in [0.2, 0.25) is 0 Å². The summed E-state index contributed by atoms with van der Waals surface area (Å²) in [5.74, 6) is 0.890. The molecule has 0 saturated carbocycles. The highest BCUT2D eigenvalue weighted by Gasteiger charge is 2.19. The van der Waals surface area contributed by atoms with E-state index in [1.807, 2.05) is 12.1 Å². The molecule has 0 saturated heterocycles. The summed E-state index contributed by atoms with van der Waals surface area (Å²) in [5, 5.41) is 3.49. The van der Waals surface area contributed by atoms with Gasteiger partial charge in [-0.15, -0.1) is 0 Å². The van der Waals surface area contributed by atoms with Crippen LogP contribution in [-0.4, -0.2) is 40.2 Å². The van der Waals surface area contributed by atoms with E-state index in [4.69, 9.17) is 14.2 Å². The van der Waals surface area contributed by atoms with Gasteiger partial charge in [0.05, 0.1) is 13.2 Å². The standard InChI is InChI=1S/C16H27NO3/c1-5-12-17-15(16(19-3)20-4)11-8-13-6-9-14(18-2)10-7-13/h6-7,9-10,15-17H,5,8,11-12H2,1-4H3. The Bertz CT molecular complexity index is 349.